The van der Waals surface area contributed by atoms with Crippen LogP contribution in [-0.4, -0.2) is 17.0 Å². The Balaban J connectivity index is 2.59. The maximum Gasteiger partial charge on any atom is 0.335 e. The van der Waals surface area contributed by atoms with E-state index in [1.807, 2.05) is 0 Å². The number of rotatable bonds is 6. The van der Waals surface area contributed by atoms with Gasteiger partial charge in [0.25, 0.3) is 0 Å². The van der Waals surface area contributed by atoms with E-state index in [9.17, 15) is 9.59 Å². The van der Waals surface area contributed by atoms with Crippen molar-refractivity contribution in [3.05, 3.63) is 28.2 Å². The van der Waals surface area contributed by atoms with Crippen molar-refractivity contribution >= 4 is 33.5 Å². The molecule has 0 heterocycles. The SMILES string of the molecule is C#CCCCCC(=O)Nc1cc(Br)cc(C(=O)O)c1. The third-order valence-electron chi connectivity index (χ3n) is 2.40. The maximum atomic E-state index is 11.6. The molecule has 0 atom stereocenters. The van der Waals surface area contributed by atoms with E-state index in [1.54, 1.807) is 6.07 Å². The first kappa shape index (κ1) is 15.3. The number of hydrogen-bond donors (Lipinski definition) is 2. The van der Waals surface area contributed by atoms with Crippen LogP contribution in [-0.2, 0) is 4.79 Å². The fourth-order valence-electron chi connectivity index (χ4n) is 1.52. The highest BCUT2D eigenvalue weighted by Crippen LogP contribution is 2.20. The van der Waals surface area contributed by atoms with E-state index in [0.29, 0.717) is 23.0 Å². The number of carbonyl (C=O) groups is 2. The van der Waals surface area contributed by atoms with Crippen LogP contribution in [0.5, 0.6) is 0 Å². The van der Waals surface area contributed by atoms with Gasteiger partial charge in [0, 0.05) is 23.0 Å². The van der Waals surface area contributed by atoms with Gasteiger partial charge in [0.2, 0.25) is 5.91 Å². The Kier molecular flexibility index (Phi) is 6.10. The fraction of sp³-hybridized carbons (Fsp3) is 0.286. The number of amides is 1. The lowest BCUT2D eigenvalue weighted by Gasteiger charge is -2.07. The summed E-state index contributed by atoms with van der Waals surface area (Å²) in [5, 5.41) is 11.6. The number of halogens is 1. The highest BCUT2D eigenvalue weighted by Gasteiger charge is 2.08. The van der Waals surface area contributed by atoms with Crippen molar-refractivity contribution in [3.8, 4) is 12.3 Å². The molecule has 0 aliphatic heterocycles. The number of anilines is 1. The molecule has 1 amide bonds. The van der Waals surface area contributed by atoms with Crippen LogP contribution in [0.3, 0.4) is 0 Å². The molecule has 2 N–H and O–H groups in total. The fourth-order valence-corrected chi connectivity index (χ4v) is 2.01. The third kappa shape index (κ3) is 5.58. The van der Waals surface area contributed by atoms with Crippen molar-refractivity contribution in [2.45, 2.75) is 25.7 Å². The number of hydrogen-bond acceptors (Lipinski definition) is 2. The van der Waals surface area contributed by atoms with Crippen molar-refractivity contribution in [1.82, 2.24) is 0 Å². The number of terminal acetylenes is 1. The minimum Gasteiger partial charge on any atom is -0.478 e. The summed E-state index contributed by atoms with van der Waals surface area (Å²) < 4.78 is 0.607. The topological polar surface area (TPSA) is 66.4 Å². The molecule has 4 nitrogen and oxygen atoms in total. The molecule has 1 rings (SSSR count). The van der Waals surface area contributed by atoms with Crippen LogP contribution >= 0.6 is 15.9 Å². The van der Waals surface area contributed by atoms with E-state index >= 15 is 0 Å². The van der Waals surface area contributed by atoms with Crippen LogP contribution in [0.4, 0.5) is 5.69 Å². The quantitative estimate of drug-likeness (QED) is 0.623. The monoisotopic (exact) mass is 323 g/mol. The number of carbonyl (C=O) groups excluding carboxylic acids is 1. The zero-order valence-electron chi connectivity index (χ0n) is 10.3. The Labute approximate surface area is 120 Å². The summed E-state index contributed by atoms with van der Waals surface area (Å²) in [6.45, 7) is 0. The molecule has 0 radical (unpaired) electrons. The second-order valence-electron chi connectivity index (χ2n) is 3.99. The molecule has 0 unspecified atom stereocenters. The van der Waals surface area contributed by atoms with E-state index in [-0.39, 0.29) is 11.5 Å². The Hall–Kier alpha value is -1.80. The van der Waals surface area contributed by atoms with E-state index in [1.165, 1.54) is 12.1 Å². The zero-order chi connectivity index (χ0) is 14.3. The summed E-state index contributed by atoms with van der Waals surface area (Å²) >= 11 is 3.21. The maximum absolute atomic E-state index is 11.6. The number of unbranched alkanes of at least 4 members (excludes halogenated alkanes) is 2. The van der Waals surface area contributed by atoms with Gasteiger partial charge in [-0.1, -0.05) is 15.9 Å². The normalized spacial score (nSPS) is 9.68. The van der Waals surface area contributed by atoms with Gasteiger partial charge >= 0.3 is 5.97 Å². The molecule has 19 heavy (non-hydrogen) atoms. The van der Waals surface area contributed by atoms with Crippen molar-refractivity contribution in [1.29, 1.82) is 0 Å². The predicted molar refractivity (Wildman–Crippen MR) is 77.0 cm³/mol. The Morgan fingerprint density at radius 2 is 2.05 bits per heavy atom. The number of aromatic carboxylic acids is 1. The number of carboxylic acid groups (broad SMARTS) is 1. The van der Waals surface area contributed by atoms with Gasteiger partial charge in [0.1, 0.15) is 0 Å². The van der Waals surface area contributed by atoms with Crippen LogP contribution in [0, 0.1) is 12.3 Å². The summed E-state index contributed by atoms with van der Waals surface area (Å²) in [7, 11) is 0. The molecule has 0 saturated heterocycles. The summed E-state index contributed by atoms with van der Waals surface area (Å²) in [6, 6.07) is 4.56. The third-order valence-corrected chi connectivity index (χ3v) is 2.86. The van der Waals surface area contributed by atoms with Gasteiger partial charge in [0.15, 0.2) is 0 Å². The molecule has 0 aliphatic rings. The average Bonchev–Trinajstić information content (AvgIpc) is 2.34. The molecule has 0 fully saturated rings. The van der Waals surface area contributed by atoms with Crippen molar-refractivity contribution < 1.29 is 14.7 Å². The van der Waals surface area contributed by atoms with Crippen LogP contribution in [0.25, 0.3) is 0 Å². The molecule has 0 aliphatic carbocycles. The molecule has 0 spiro atoms. The second-order valence-corrected chi connectivity index (χ2v) is 4.91. The highest BCUT2D eigenvalue weighted by atomic mass is 79.9. The van der Waals surface area contributed by atoms with Gasteiger partial charge in [-0.2, -0.15) is 0 Å². The molecule has 5 heteroatoms. The summed E-state index contributed by atoms with van der Waals surface area (Å²) in [4.78, 5) is 22.5. The largest absolute Gasteiger partial charge is 0.478 e. The molecule has 0 bridgehead atoms. The van der Waals surface area contributed by atoms with Crippen molar-refractivity contribution in [2.24, 2.45) is 0 Å². The molecule has 0 aromatic heterocycles. The second kappa shape index (κ2) is 7.59. The summed E-state index contributed by atoms with van der Waals surface area (Å²) in [5.74, 6) is 1.33. The van der Waals surface area contributed by atoms with Gasteiger partial charge in [-0.15, -0.1) is 12.3 Å². The zero-order valence-corrected chi connectivity index (χ0v) is 11.9. The lowest BCUT2D eigenvalue weighted by atomic mass is 10.1. The van der Waals surface area contributed by atoms with E-state index in [4.69, 9.17) is 11.5 Å². The number of carboxylic acids is 1. The molecule has 0 saturated carbocycles. The van der Waals surface area contributed by atoms with Gasteiger partial charge in [-0.25, -0.2) is 4.79 Å². The Morgan fingerprint density at radius 1 is 1.32 bits per heavy atom. The lowest BCUT2D eigenvalue weighted by Crippen LogP contribution is -2.11. The number of benzene rings is 1. The first-order chi connectivity index (χ1) is 9.02. The predicted octanol–water partition coefficient (Wildman–Crippen LogP) is 3.28. The van der Waals surface area contributed by atoms with Gasteiger partial charge in [0.05, 0.1) is 5.56 Å². The minimum atomic E-state index is -1.04. The lowest BCUT2D eigenvalue weighted by molar-refractivity contribution is -0.116. The molecule has 1 aromatic carbocycles. The van der Waals surface area contributed by atoms with Crippen LogP contribution in [0.15, 0.2) is 22.7 Å². The number of nitrogens with one attached hydrogen (secondary N) is 1. The Morgan fingerprint density at radius 3 is 2.68 bits per heavy atom. The van der Waals surface area contributed by atoms with E-state index in [2.05, 4.69) is 27.2 Å². The van der Waals surface area contributed by atoms with Crippen molar-refractivity contribution in [3.63, 3.8) is 0 Å². The minimum absolute atomic E-state index is 0.122. The average molecular weight is 324 g/mol. The smallest absolute Gasteiger partial charge is 0.335 e. The first-order valence-corrected chi connectivity index (χ1v) is 6.59. The van der Waals surface area contributed by atoms with Crippen LogP contribution < -0.4 is 5.32 Å². The standard InChI is InChI=1S/C14H14BrNO3/c1-2-3-4-5-6-13(17)16-12-8-10(14(18)19)7-11(15)9-12/h1,7-9H,3-6H2,(H,16,17)(H,18,19). The molecular weight excluding hydrogens is 310 g/mol. The van der Waals surface area contributed by atoms with E-state index < -0.39 is 5.97 Å². The molecule has 1 aromatic rings. The van der Waals surface area contributed by atoms with Crippen LogP contribution in [0.1, 0.15) is 36.0 Å². The molecule has 100 valence electrons. The van der Waals surface area contributed by atoms with Gasteiger partial charge in [-0.05, 0) is 31.0 Å². The van der Waals surface area contributed by atoms with Crippen LogP contribution in [0.2, 0.25) is 0 Å². The highest BCUT2D eigenvalue weighted by molar-refractivity contribution is 9.10. The van der Waals surface area contributed by atoms with E-state index in [0.717, 1.165) is 12.8 Å². The molecular formula is C14H14BrNO3. The first-order valence-electron chi connectivity index (χ1n) is 5.80. The summed E-state index contributed by atoms with van der Waals surface area (Å²) in [5.41, 5.74) is 0.589. The summed E-state index contributed by atoms with van der Waals surface area (Å²) in [6.07, 6.45) is 7.68. The van der Waals surface area contributed by atoms with Crippen molar-refractivity contribution in [2.75, 3.05) is 5.32 Å². The Bertz CT molecular complexity index is 520. The van der Waals surface area contributed by atoms with Gasteiger partial charge in [-0.3, -0.25) is 4.79 Å². The van der Waals surface area contributed by atoms with Gasteiger partial charge < -0.3 is 10.4 Å².